The van der Waals surface area contributed by atoms with E-state index in [1.54, 1.807) is 0 Å². The van der Waals surface area contributed by atoms with Crippen molar-refractivity contribution >= 4 is 5.78 Å². The topological polar surface area (TPSA) is 103 Å². The van der Waals surface area contributed by atoms with Crippen LogP contribution < -0.4 is 0 Å². The van der Waals surface area contributed by atoms with E-state index in [2.05, 4.69) is 0 Å². The second kappa shape index (κ2) is 2.60. The first-order chi connectivity index (χ1) is 4.83. The van der Waals surface area contributed by atoms with Crippen molar-refractivity contribution in [2.24, 2.45) is 0 Å². The lowest BCUT2D eigenvalue weighted by atomic mass is 10.1. The second-order valence-corrected chi connectivity index (χ2v) is 2.09. The van der Waals surface area contributed by atoms with E-state index in [1.165, 1.54) is 0 Å². The number of hydrogen-bond acceptors (Lipinski definition) is 5. The van der Waals surface area contributed by atoms with Crippen molar-refractivity contribution in [2.75, 3.05) is 0 Å². The summed E-state index contributed by atoms with van der Waals surface area (Å²) in [6, 6.07) is 0. The number of carbonyl (C=O) groups excluding carboxylic acids is 1. The Morgan fingerprint density at radius 1 is 1.27 bits per heavy atom. The summed E-state index contributed by atoms with van der Waals surface area (Å²) in [5.41, 5.74) is -2.69. The summed E-state index contributed by atoms with van der Waals surface area (Å²) >= 11 is 0. The minimum absolute atomic E-state index is 0.662. The fraction of sp³-hybridized carbons (Fsp3) is 0.750. The molecule has 0 saturated heterocycles. The Labute approximate surface area is 61.3 Å². The van der Waals surface area contributed by atoms with Gasteiger partial charge in [0.1, 0.15) is 9.85 Å². The Hall–Kier alpha value is -1.53. The van der Waals surface area contributed by atoms with Crippen LogP contribution in [0.1, 0.15) is 13.8 Å². The highest BCUT2D eigenvalue weighted by atomic mass is 16.7. The molecule has 0 amide bonds. The SMILES string of the molecule is CC(=O)C(C)([N+](=O)[O-])[N+](=O)[O-]. The molecule has 0 heterocycles. The molecule has 0 saturated carbocycles. The van der Waals surface area contributed by atoms with Crippen LogP contribution in [0.5, 0.6) is 0 Å². The van der Waals surface area contributed by atoms with Crippen LogP contribution in [0, 0.1) is 20.2 Å². The highest BCUT2D eigenvalue weighted by Gasteiger charge is 2.56. The largest absolute Gasteiger partial charge is 0.512 e. The molecule has 0 N–H and O–H groups in total. The minimum atomic E-state index is -2.69. The normalized spacial score (nSPS) is 10.7. The molecule has 11 heavy (non-hydrogen) atoms. The van der Waals surface area contributed by atoms with Gasteiger partial charge in [0, 0.05) is 6.92 Å². The van der Waals surface area contributed by atoms with Gasteiger partial charge in [-0.2, -0.15) is 0 Å². The molecule has 0 aromatic rings. The third-order valence-electron chi connectivity index (χ3n) is 1.38. The fourth-order valence-electron chi connectivity index (χ4n) is 0.324. The smallest absolute Gasteiger partial charge is 0.283 e. The maximum absolute atomic E-state index is 10.5. The molecule has 7 nitrogen and oxygen atoms in total. The van der Waals surface area contributed by atoms with Crippen molar-refractivity contribution in [3.63, 3.8) is 0 Å². The Balaban J connectivity index is 4.99. The highest BCUT2D eigenvalue weighted by molar-refractivity contribution is 5.82. The van der Waals surface area contributed by atoms with Crippen LogP contribution in [-0.4, -0.2) is 21.3 Å². The van der Waals surface area contributed by atoms with Gasteiger partial charge < -0.3 is 0 Å². The molecule has 62 valence electrons. The standard InChI is InChI=1S/C4H6N2O5/c1-3(7)4(2,5(8)9)6(10)11/h1-2H3. The Kier molecular flexibility index (Phi) is 2.24. The van der Waals surface area contributed by atoms with E-state index in [9.17, 15) is 25.0 Å². The van der Waals surface area contributed by atoms with Gasteiger partial charge in [0.15, 0.2) is 0 Å². The third kappa shape index (κ3) is 1.31. The molecule has 0 unspecified atom stereocenters. The van der Waals surface area contributed by atoms with E-state index in [0.29, 0.717) is 6.92 Å². The molecule has 0 aliphatic rings. The zero-order valence-electron chi connectivity index (χ0n) is 5.94. The molecule has 7 heteroatoms. The first-order valence-corrected chi connectivity index (χ1v) is 2.63. The van der Waals surface area contributed by atoms with E-state index >= 15 is 0 Å². The lowest BCUT2D eigenvalue weighted by Crippen LogP contribution is -2.49. The van der Waals surface area contributed by atoms with E-state index in [0.717, 1.165) is 6.92 Å². The predicted molar refractivity (Wildman–Crippen MR) is 33.1 cm³/mol. The van der Waals surface area contributed by atoms with Gasteiger partial charge in [-0.15, -0.1) is 0 Å². The average Bonchev–Trinajstić information content (AvgIpc) is 1.84. The molecule has 0 aromatic carbocycles. The van der Waals surface area contributed by atoms with Gasteiger partial charge in [0.05, 0.1) is 6.92 Å². The molecular formula is C4H6N2O5. The summed E-state index contributed by atoms with van der Waals surface area (Å²) in [4.78, 5) is 28.1. The van der Waals surface area contributed by atoms with Crippen molar-refractivity contribution in [2.45, 2.75) is 19.5 Å². The summed E-state index contributed by atoms with van der Waals surface area (Å²) in [7, 11) is 0. The zero-order chi connectivity index (χ0) is 9.23. The maximum Gasteiger partial charge on any atom is 0.512 e. The number of nitro groups is 2. The molecule has 0 bridgehead atoms. The van der Waals surface area contributed by atoms with Crippen LogP contribution in [0.15, 0.2) is 0 Å². The number of hydrogen-bond donors (Lipinski definition) is 0. The Morgan fingerprint density at radius 2 is 1.55 bits per heavy atom. The lowest BCUT2D eigenvalue weighted by molar-refractivity contribution is -0.770. The van der Waals surface area contributed by atoms with E-state index < -0.39 is 21.3 Å². The van der Waals surface area contributed by atoms with Crippen LogP contribution in [-0.2, 0) is 4.79 Å². The van der Waals surface area contributed by atoms with Crippen molar-refractivity contribution in [3.05, 3.63) is 20.2 Å². The number of rotatable bonds is 3. The molecule has 0 fully saturated rings. The Morgan fingerprint density at radius 3 is 1.55 bits per heavy atom. The number of ketones is 1. The predicted octanol–water partition coefficient (Wildman–Crippen LogP) is -0.155. The van der Waals surface area contributed by atoms with Crippen LogP contribution in [0.2, 0.25) is 0 Å². The van der Waals surface area contributed by atoms with Crippen LogP contribution in [0.3, 0.4) is 0 Å². The van der Waals surface area contributed by atoms with Crippen molar-refractivity contribution in [3.8, 4) is 0 Å². The molecule has 0 spiro atoms. The first kappa shape index (κ1) is 9.47. The average molecular weight is 162 g/mol. The molecule has 0 rings (SSSR count). The Bertz CT molecular complexity index is 186. The van der Waals surface area contributed by atoms with Gasteiger partial charge >= 0.3 is 5.66 Å². The number of carbonyl (C=O) groups is 1. The van der Waals surface area contributed by atoms with Crippen molar-refractivity contribution in [1.29, 1.82) is 0 Å². The molecule has 0 radical (unpaired) electrons. The van der Waals surface area contributed by atoms with Gasteiger partial charge in [0.2, 0.25) is 0 Å². The molecular weight excluding hydrogens is 156 g/mol. The summed E-state index contributed by atoms with van der Waals surface area (Å²) in [6.07, 6.45) is 0. The fourth-order valence-corrected chi connectivity index (χ4v) is 0.324. The first-order valence-electron chi connectivity index (χ1n) is 2.63. The third-order valence-corrected chi connectivity index (χ3v) is 1.38. The number of Topliss-reactive ketones (excluding diaryl/α,β-unsaturated/α-hetero) is 1. The van der Waals surface area contributed by atoms with Crippen LogP contribution >= 0.6 is 0 Å². The zero-order valence-corrected chi connectivity index (χ0v) is 5.94. The van der Waals surface area contributed by atoms with Gasteiger partial charge in [-0.1, -0.05) is 0 Å². The van der Waals surface area contributed by atoms with Crippen molar-refractivity contribution < 1.29 is 14.6 Å². The van der Waals surface area contributed by atoms with Gasteiger partial charge in [-0.3, -0.25) is 25.0 Å². The van der Waals surface area contributed by atoms with E-state index in [1.807, 2.05) is 0 Å². The quantitative estimate of drug-likeness (QED) is 0.326. The van der Waals surface area contributed by atoms with E-state index in [4.69, 9.17) is 0 Å². The lowest BCUT2D eigenvalue weighted by Gasteiger charge is -2.07. The summed E-state index contributed by atoms with van der Waals surface area (Å²) in [5, 5.41) is 20.1. The number of nitrogens with zero attached hydrogens (tertiary/aromatic N) is 2. The van der Waals surface area contributed by atoms with Crippen LogP contribution in [0.25, 0.3) is 0 Å². The van der Waals surface area contributed by atoms with Crippen LogP contribution in [0.4, 0.5) is 0 Å². The molecule has 0 aliphatic carbocycles. The van der Waals surface area contributed by atoms with Crippen molar-refractivity contribution in [1.82, 2.24) is 0 Å². The molecule has 0 atom stereocenters. The molecule has 0 aromatic heterocycles. The summed E-state index contributed by atoms with van der Waals surface area (Å²) in [5.74, 6) is -1.09. The molecule has 0 aliphatic heterocycles. The monoisotopic (exact) mass is 162 g/mol. The second-order valence-electron chi connectivity index (χ2n) is 2.09. The highest BCUT2D eigenvalue weighted by Crippen LogP contribution is 2.10. The maximum atomic E-state index is 10.5. The summed E-state index contributed by atoms with van der Waals surface area (Å²) < 4.78 is 0. The van der Waals surface area contributed by atoms with Gasteiger partial charge in [0.25, 0.3) is 5.78 Å². The van der Waals surface area contributed by atoms with E-state index in [-0.39, 0.29) is 0 Å². The summed E-state index contributed by atoms with van der Waals surface area (Å²) in [6.45, 7) is 1.47. The van der Waals surface area contributed by atoms with Gasteiger partial charge in [-0.05, 0) is 0 Å². The minimum Gasteiger partial charge on any atom is -0.283 e. The van der Waals surface area contributed by atoms with Gasteiger partial charge in [-0.25, -0.2) is 0 Å².